The molecular formula is C19H25Cl2N3O. The van der Waals surface area contributed by atoms with E-state index in [1.807, 2.05) is 4.90 Å². The lowest BCUT2D eigenvalue weighted by atomic mass is 10.0. The highest BCUT2D eigenvalue weighted by Crippen LogP contribution is 2.34. The van der Waals surface area contributed by atoms with E-state index in [0.29, 0.717) is 0 Å². The van der Waals surface area contributed by atoms with Crippen molar-refractivity contribution in [1.82, 2.24) is 9.80 Å². The van der Waals surface area contributed by atoms with Gasteiger partial charge >= 0.3 is 0 Å². The lowest BCUT2D eigenvalue weighted by molar-refractivity contribution is -0.135. The number of carbonyl (C=O) groups is 1. The molecule has 2 N–H and O–H groups in total. The monoisotopic (exact) mass is 381 g/mol. The first-order valence-electron chi connectivity index (χ1n) is 8.43. The van der Waals surface area contributed by atoms with Gasteiger partial charge in [0.25, 0.3) is 0 Å². The number of nitrogens with zero attached hydrogens (tertiary/aromatic N) is 2. The number of fused-ring (bicyclic) bond motifs is 1. The Morgan fingerprint density at radius 2 is 1.60 bits per heavy atom. The summed E-state index contributed by atoms with van der Waals surface area (Å²) in [5, 5.41) is 2.62. The summed E-state index contributed by atoms with van der Waals surface area (Å²) in [5.74, 6) is 0.155. The van der Waals surface area contributed by atoms with Crippen LogP contribution in [-0.2, 0) is 11.3 Å². The topological polar surface area (TPSA) is 49.6 Å². The van der Waals surface area contributed by atoms with E-state index in [9.17, 15) is 4.79 Å². The molecule has 4 nitrogen and oxygen atoms in total. The van der Waals surface area contributed by atoms with Crippen LogP contribution in [0.4, 0.5) is 0 Å². The lowest BCUT2D eigenvalue weighted by Crippen LogP contribution is -2.53. The molecule has 1 amide bonds. The number of amides is 1. The van der Waals surface area contributed by atoms with E-state index >= 15 is 0 Å². The zero-order valence-electron chi connectivity index (χ0n) is 14.2. The van der Waals surface area contributed by atoms with Crippen LogP contribution < -0.4 is 5.73 Å². The summed E-state index contributed by atoms with van der Waals surface area (Å²) in [6.45, 7) is 4.37. The van der Waals surface area contributed by atoms with Crippen molar-refractivity contribution >= 4 is 41.5 Å². The third-order valence-electron chi connectivity index (χ3n) is 5.15. The van der Waals surface area contributed by atoms with E-state index in [4.69, 9.17) is 5.73 Å². The number of benzene rings is 2. The molecule has 1 aliphatic carbocycles. The average Bonchev–Trinajstić information content (AvgIpc) is 3.34. The van der Waals surface area contributed by atoms with Gasteiger partial charge in [-0.1, -0.05) is 42.5 Å². The van der Waals surface area contributed by atoms with Gasteiger partial charge in [-0.25, -0.2) is 0 Å². The molecule has 1 heterocycles. The van der Waals surface area contributed by atoms with E-state index in [1.54, 1.807) is 0 Å². The van der Waals surface area contributed by atoms with E-state index in [-0.39, 0.29) is 30.7 Å². The fourth-order valence-corrected chi connectivity index (χ4v) is 3.44. The van der Waals surface area contributed by atoms with Crippen molar-refractivity contribution in [3.8, 4) is 0 Å². The Morgan fingerprint density at radius 1 is 0.960 bits per heavy atom. The molecule has 0 radical (unpaired) electrons. The maximum Gasteiger partial charge on any atom is 0.242 e. The molecule has 4 rings (SSSR count). The lowest BCUT2D eigenvalue weighted by Gasteiger charge is -2.36. The van der Waals surface area contributed by atoms with Gasteiger partial charge in [0.15, 0.2) is 0 Å². The van der Waals surface area contributed by atoms with Crippen molar-refractivity contribution in [1.29, 1.82) is 0 Å². The highest BCUT2D eigenvalue weighted by molar-refractivity contribution is 5.89. The molecule has 1 saturated carbocycles. The SMILES string of the molecule is Cl.Cl.NC1(C(=O)N2CCN(Cc3cccc4ccccc34)CC2)CC1. The second-order valence-corrected chi connectivity index (χ2v) is 6.86. The molecule has 2 fully saturated rings. The van der Waals surface area contributed by atoms with Gasteiger partial charge in [0.1, 0.15) is 0 Å². The largest absolute Gasteiger partial charge is 0.339 e. The number of halogens is 2. The van der Waals surface area contributed by atoms with Crippen LogP contribution in [0.15, 0.2) is 42.5 Å². The number of rotatable bonds is 3. The Morgan fingerprint density at radius 3 is 2.28 bits per heavy atom. The van der Waals surface area contributed by atoms with Crippen LogP contribution in [0.25, 0.3) is 10.8 Å². The Labute approximate surface area is 161 Å². The Balaban J connectivity index is 0.00000113. The van der Waals surface area contributed by atoms with E-state index in [2.05, 4.69) is 47.4 Å². The predicted octanol–water partition coefficient (Wildman–Crippen LogP) is 2.82. The zero-order chi connectivity index (χ0) is 15.9. The molecule has 2 aromatic rings. The molecule has 0 aromatic heterocycles. The Hall–Kier alpha value is -1.33. The standard InChI is InChI=1S/C19H23N3O.2ClH/c20-19(8-9-19)18(23)22-12-10-21(11-13-22)14-16-6-3-5-15-4-1-2-7-17(15)16;;/h1-7H,8-14,20H2;2*1H. The van der Waals surface area contributed by atoms with Gasteiger partial charge in [0.2, 0.25) is 5.91 Å². The molecular weight excluding hydrogens is 357 g/mol. The summed E-state index contributed by atoms with van der Waals surface area (Å²) in [5.41, 5.74) is 6.87. The van der Waals surface area contributed by atoms with Crippen molar-refractivity contribution in [3.63, 3.8) is 0 Å². The number of piperazine rings is 1. The maximum absolute atomic E-state index is 12.3. The highest BCUT2D eigenvalue weighted by atomic mass is 35.5. The van der Waals surface area contributed by atoms with Gasteiger partial charge in [-0.2, -0.15) is 0 Å². The first-order chi connectivity index (χ1) is 11.2. The normalized spacial score (nSPS) is 19.0. The van der Waals surface area contributed by atoms with Crippen LogP contribution in [0, 0.1) is 0 Å². The molecule has 0 bridgehead atoms. The van der Waals surface area contributed by atoms with Crippen LogP contribution >= 0.6 is 24.8 Å². The molecule has 1 aliphatic heterocycles. The molecule has 6 heteroatoms. The molecule has 0 spiro atoms. The van der Waals surface area contributed by atoms with Crippen LogP contribution in [0.3, 0.4) is 0 Å². The predicted molar refractivity (Wildman–Crippen MR) is 106 cm³/mol. The van der Waals surface area contributed by atoms with Crippen molar-refractivity contribution < 1.29 is 4.79 Å². The summed E-state index contributed by atoms with van der Waals surface area (Å²) in [6.07, 6.45) is 1.70. The first kappa shape index (κ1) is 20.0. The summed E-state index contributed by atoms with van der Waals surface area (Å²) in [7, 11) is 0. The average molecular weight is 382 g/mol. The molecule has 25 heavy (non-hydrogen) atoms. The third kappa shape index (κ3) is 4.09. The summed E-state index contributed by atoms with van der Waals surface area (Å²) < 4.78 is 0. The van der Waals surface area contributed by atoms with Crippen LogP contribution in [-0.4, -0.2) is 47.4 Å². The molecule has 1 saturated heterocycles. The van der Waals surface area contributed by atoms with Gasteiger partial charge in [-0.15, -0.1) is 24.8 Å². The highest BCUT2D eigenvalue weighted by Gasteiger charge is 2.48. The minimum Gasteiger partial charge on any atom is -0.339 e. The van der Waals surface area contributed by atoms with Gasteiger partial charge < -0.3 is 10.6 Å². The number of hydrogen-bond acceptors (Lipinski definition) is 3. The second-order valence-electron chi connectivity index (χ2n) is 6.86. The van der Waals surface area contributed by atoms with E-state index < -0.39 is 5.54 Å². The Kier molecular flexibility index (Phi) is 6.33. The third-order valence-corrected chi connectivity index (χ3v) is 5.15. The molecule has 2 aliphatic rings. The quantitative estimate of drug-likeness (QED) is 0.888. The number of carbonyl (C=O) groups excluding carboxylic acids is 1. The summed E-state index contributed by atoms with van der Waals surface area (Å²) in [4.78, 5) is 16.7. The minimum atomic E-state index is -0.530. The van der Waals surface area contributed by atoms with Crippen molar-refractivity contribution in [2.45, 2.75) is 24.9 Å². The molecule has 0 unspecified atom stereocenters. The number of nitrogens with two attached hydrogens (primary N) is 1. The summed E-state index contributed by atoms with van der Waals surface area (Å²) >= 11 is 0. The van der Waals surface area contributed by atoms with Crippen molar-refractivity contribution in [3.05, 3.63) is 48.0 Å². The van der Waals surface area contributed by atoms with Crippen LogP contribution in [0.5, 0.6) is 0 Å². The van der Waals surface area contributed by atoms with Crippen LogP contribution in [0.1, 0.15) is 18.4 Å². The van der Waals surface area contributed by atoms with Crippen molar-refractivity contribution in [2.24, 2.45) is 5.73 Å². The maximum atomic E-state index is 12.3. The van der Waals surface area contributed by atoms with E-state index in [1.165, 1.54) is 16.3 Å². The van der Waals surface area contributed by atoms with Gasteiger partial charge in [0, 0.05) is 32.7 Å². The first-order valence-corrected chi connectivity index (χ1v) is 8.43. The Bertz CT molecular complexity index is 735. The second kappa shape index (κ2) is 7.92. The van der Waals surface area contributed by atoms with Crippen molar-refractivity contribution in [2.75, 3.05) is 26.2 Å². The van der Waals surface area contributed by atoms with Gasteiger partial charge in [-0.05, 0) is 29.2 Å². The minimum absolute atomic E-state index is 0. The molecule has 0 atom stereocenters. The van der Waals surface area contributed by atoms with Gasteiger partial charge in [-0.3, -0.25) is 9.69 Å². The number of hydrogen-bond donors (Lipinski definition) is 1. The molecule has 136 valence electrons. The fraction of sp³-hybridized carbons (Fsp3) is 0.421. The zero-order valence-corrected chi connectivity index (χ0v) is 15.8. The van der Waals surface area contributed by atoms with Gasteiger partial charge in [0.05, 0.1) is 5.54 Å². The fourth-order valence-electron chi connectivity index (χ4n) is 3.44. The van der Waals surface area contributed by atoms with Crippen LogP contribution in [0.2, 0.25) is 0 Å². The van der Waals surface area contributed by atoms with E-state index in [0.717, 1.165) is 45.6 Å². The smallest absolute Gasteiger partial charge is 0.242 e. The molecule has 2 aromatic carbocycles. The summed E-state index contributed by atoms with van der Waals surface area (Å²) in [6, 6.07) is 15.0.